The van der Waals surface area contributed by atoms with E-state index in [4.69, 9.17) is 16.3 Å². The lowest BCUT2D eigenvalue weighted by atomic mass is 10.2. The number of nitrogens with one attached hydrogen (secondary N) is 1. The van der Waals surface area contributed by atoms with E-state index in [0.717, 1.165) is 16.1 Å². The number of nitrogens with zero attached hydrogens (tertiary/aromatic N) is 2. The molecule has 0 heterocycles. The molecular weight excluding hydrogens is 481 g/mol. The molecule has 0 aliphatic rings. The minimum Gasteiger partial charge on any atom is -0.492 e. The number of hydrazone groups is 1. The van der Waals surface area contributed by atoms with E-state index < -0.39 is 28.3 Å². The molecule has 0 spiro atoms. The molecule has 0 saturated heterocycles. The molecule has 0 fully saturated rings. The van der Waals surface area contributed by atoms with Crippen LogP contribution in [0.2, 0.25) is 5.02 Å². The van der Waals surface area contributed by atoms with Crippen LogP contribution in [0.5, 0.6) is 5.75 Å². The third-order valence-electron chi connectivity index (χ3n) is 4.71. The number of ether oxygens (including phenoxy) is 1. The second kappa shape index (κ2) is 11.1. The highest BCUT2D eigenvalue weighted by Crippen LogP contribution is 2.32. The normalized spacial score (nSPS) is 11.4. The lowest BCUT2D eigenvalue weighted by molar-refractivity contribution is -0.119. The van der Waals surface area contributed by atoms with E-state index in [2.05, 4.69) is 10.5 Å². The summed E-state index contributed by atoms with van der Waals surface area (Å²) in [6.45, 7) is 3.31. The van der Waals surface area contributed by atoms with E-state index in [0.29, 0.717) is 12.4 Å². The molecule has 1 amide bonds. The van der Waals surface area contributed by atoms with Gasteiger partial charge in [0, 0.05) is 5.56 Å². The first kappa shape index (κ1) is 25.2. The molecule has 3 rings (SSSR count). The van der Waals surface area contributed by atoms with Crippen molar-refractivity contribution in [2.24, 2.45) is 5.10 Å². The zero-order valence-corrected chi connectivity index (χ0v) is 20.1. The van der Waals surface area contributed by atoms with Crippen molar-refractivity contribution in [3.05, 3.63) is 88.7 Å². The molecule has 1 N–H and O–H groups in total. The number of carbonyl (C=O) groups is 1. The summed E-state index contributed by atoms with van der Waals surface area (Å²) >= 11 is 5.95. The fraction of sp³-hybridized carbons (Fsp3) is 0.167. The molecule has 0 atom stereocenters. The van der Waals surface area contributed by atoms with E-state index in [9.17, 15) is 17.6 Å². The Bertz CT molecular complexity index is 1280. The van der Waals surface area contributed by atoms with Gasteiger partial charge in [0.15, 0.2) is 0 Å². The maximum absolute atomic E-state index is 13.9. The first-order valence-electron chi connectivity index (χ1n) is 10.3. The zero-order chi connectivity index (χ0) is 24.7. The van der Waals surface area contributed by atoms with Crippen molar-refractivity contribution in [2.45, 2.75) is 18.7 Å². The minimum atomic E-state index is -4.14. The van der Waals surface area contributed by atoms with E-state index in [-0.39, 0.29) is 21.2 Å². The van der Waals surface area contributed by atoms with Gasteiger partial charge in [-0.2, -0.15) is 5.10 Å². The largest absolute Gasteiger partial charge is 0.492 e. The van der Waals surface area contributed by atoms with Crippen molar-refractivity contribution >= 4 is 39.4 Å². The monoisotopic (exact) mass is 503 g/mol. The fourth-order valence-electron chi connectivity index (χ4n) is 3.05. The standard InChI is InChI=1S/C24H23ClFN3O4S/c1-3-33-23-10-5-4-9-22(23)29(34(31,32)18-13-11-17(2)12-14-18)16-24(30)28-27-15-19-20(25)7-6-8-21(19)26/h4-15H,3,16H2,1-2H3,(H,28,30)/b27-15-. The minimum absolute atomic E-state index is 0.00436. The molecule has 34 heavy (non-hydrogen) atoms. The van der Waals surface area contributed by atoms with Crippen molar-refractivity contribution in [2.75, 3.05) is 17.5 Å². The number of benzene rings is 3. The SMILES string of the molecule is CCOc1ccccc1N(CC(=O)N/N=C\c1c(F)cccc1Cl)S(=O)(=O)c1ccc(C)cc1. The number of aryl methyl sites for hydroxylation is 1. The van der Waals surface area contributed by atoms with Gasteiger partial charge in [0.05, 0.1) is 28.4 Å². The lowest BCUT2D eigenvalue weighted by Gasteiger charge is -2.25. The predicted octanol–water partition coefficient (Wildman–Crippen LogP) is 4.53. The summed E-state index contributed by atoms with van der Waals surface area (Å²) in [5.41, 5.74) is 3.31. The van der Waals surface area contributed by atoms with Crippen LogP contribution in [0, 0.1) is 12.7 Å². The Balaban J connectivity index is 1.92. The van der Waals surface area contributed by atoms with Gasteiger partial charge in [-0.1, -0.05) is 47.5 Å². The molecular formula is C24H23ClFN3O4S. The van der Waals surface area contributed by atoms with Crippen LogP contribution in [0.25, 0.3) is 0 Å². The summed E-state index contributed by atoms with van der Waals surface area (Å²) in [5.74, 6) is -1.06. The molecule has 0 saturated carbocycles. The van der Waals surface area contributed by atoms with E-state index in [1.54, 1.807) is 43.3 Å². The Hall–Kier alpha value is -3.43. The molecule has 0 bridgehead atoms. The van der Waals surface area contributed by atoms with Crippen LogP contribution in [0.15, 0.2) is 76.7 Å². The van der Waals surface area contributed by atoms with Gasteiger partial charge in [0.1, 0.15) is 18.1 Å². The van der Waals surface area contributed by atoms with E-state index >= 15 is 0 Å². The summed E-state index contributed by atoms with van der Waals surface area (Å²) in [7, 11) is -4.14. The Labute approximate surface area is 202 Å². The number of rotatable bonds is 9. The number of para-hydroxylation sites is 2. The molecule has 0 aromatic heterocycles. The third kappa shape index (κ3) is 5.92. The highest BCUT2D eigenvalue weighted by atomic mass is 35.5. The van der Waals surface area contributed by atoms with Crippen LogP contribution in [0.1, 0.15) is 18.1 Å². The van der Waals surface area contributed by atoms with Crippen molar-refractivity contribution in [1.82, 2.24) is 5.43 Å². The van der Waals surface area contributed by atoms with Gasteiger partial charge in [-0.25, -0.2) is 18.2 Å². The summed E-state index contributed by atoms with van der Waals surface area (Å²) in [6.07, 6.45) is 1.06. The van der Waals surface area contributed by atoms with Gasteiger partial charge < -0.3 is 4.74 Å². The van der Waals surface area contributed by atoms with Crippen LogP contribution in [-0.4, -0.2) is 33.7 Å². The van der Waals surface area contributed by atoms with Crippen LogP contribution in [0.3, 0.4) is 0 Å². The summed E-state index contributed by atoms with van der Waals surface area (Å²) in [5, 5.41) is 3.85. The highest BCUT2D eigenvalue weighted by molar-refractivity contribution is 7.92. The second-order valence-electron chi connectivity index (χ2n) is 7.15. The quantitative estimate of drug-likeness (QED) is 0.343. The first-order chi connectivity index (χ1) is 16.2. The van der Waals surface area contributed by atoms with Crippen LogP contribution >= 0.6 is 11.6 Å². The Morgan fingerprint density at radius 2 is 1.82 bits per heavy atom. The van der Waals surface area contributed by atoms with Gasteiger partial charge in [-0.15, -0.1) is 0 Å². The third-order valence-corrected chi connectivity index (χ3v) is 6.82. The molecule has 3 aromatic rings. The molecule has 3 aromatic carbocycles. The molecule has 178 valence electrons. The molecule has 0 radical (unpaired) electrons. The number of anilines is 1. The summed E-state index contributed by atoms with van der Waals surface area (Å²) < 4.78 is 47.5. The predicted molar refractivity (Wildman–Crippen MR) is 130 cm³/mol. The summed E-state index contributed by atoms with van der Waals surface area (Å²) in [6, 6.07) is 16.9. The van der Waals surface area contributed by atoms with Crippen molar-refractivity contribution in [3.63, 3.8) is 0 Å². The van der Waals surface area contributed by atoms with E-state index in [1.807, 2.05) is 6.92 Å². The van der Waals surface area contributed by atoms with Crippen LogP contribution < -0.4 is 14.5 Å². The van der Waals surface area contributed by atoms with E-state index in [1.165, 1.54) is 30.3 Å². The average Bonchev–Trinajstić information content (AvgIpc) is 2.80. The Morgan fingerprint density at radius 3 is 2.50 bits per heavy atom. The number of hydrogen-bond donors (Lipinski definition) is 1. The molecule has 0 aliphatic heterocycles. The van der Waals surface area contributed by atoms with Crippen molar-refractivity contribution < 1.29 is 22.3 Å². The van der Waals surface area contributed by atoms with Gasteiger partial charge in [-0.3, -0.25) is 9.10 Å². The number of carbonyl (C=O) groups excluding carboxylic acids is 1. The lowest BCUT2D eigenvalue weighted by Crippen LogP contribution is -2.39. The molecule has 10 heteroatoms. The van der Waals surface area contributed by atoms with Gasteiger partial charge in [-0.05, 0) is 50.2 Å². The van der Waals surface area contributed by atoms with Crippen LogP contribution in [-0.2, 0) is 14.8 Å². The smallest absolute Gasteiger partial charge is 0.264 e. The van der Waals surface area contributed by atoms with Gasteiger partial charge >= 0.3 is 0 Å². The Morgan fingerprint density at radius 1 is 1.12 bits per heavy atom. The maximum atomic E-state index is 13.9. The van der Waals surface area contributed by atoms with Gasteiger partial charge in [0.2, 0.25) is 0 Å². The number of amides is 1. The topological polar surface area (TPSA) is 88.1 Å². The highest BCUT2D eigenvalue weighted by Gasteiger charge is 2.29. The zero-order valence-electron chi connectivity index (χ0n) is 18.5. The molecule has 7 nitrogen and oxygen atoms in total. The van der Waals surface area contributed by atoms with Crippen molar-refractivity contribution in [3.8, 4) is 5.75 Å². The van der Waals surface area contributed by atoms with Gasteiger partial charge in [0.25, 0.3) is 15.9 Å². The number of halogens is 2. The molecule has 0 unspecified atom stereocenters. The van der Waals surface area contributed by atoms with Crippen LogP contribution in [0.4, 0.5) is 10.1 Å². The summed E-state index contributed by atoms with van der Waals surface area (Å²) in [4.78, 5) is 12.7. The number of sulfonamides is 1. The first-order valence-corrected chi connectivity index (χ1v) is 12.1. The number of hydrogen-bond acceptors (Lipinski definition) is 5. The molecule has 0 aliphatic carbocycles. The second-order valence-corrected chi connectivity index (χ2v) is 9.42. The fourth-order valence-corrected chi connectivity index (χ4v) is 4.69. The average molecular weight is 504 g/mol. The van der Waals surface area contributed by atoms with Crippen molar-refractivity contribution in [1.29, 1.82) is 0 Å². The Kier molecular flexibility index (Phi) is 8.25. The maximum Gasteiger partial charge on any atom is 0.264 e.